The molecule has 0 atom stereocenters. The Bertz CT molecular complexity index is 899. The van der Waals surface area contributed by atoms with Crippen LogP contribution >= 0.6 is 12.2 Å². The normalized spacial score (nSPS) is 11.0. The number of ether oxygens (including phenoxy) is 1. The van der Waals surface area contributed by atoms with Gasteiger partial charge in [0.25, 0.3) is 0 Å². The molecule has 0 bridgehead atoms. The molecule has 1 N–H and O–H groups in total. The largest absolute Gasteiger partial charge is 0.497 e. The Morgan fingerprint density at radius 1 is 1.26 bits per heavy atom. The van der Waals surface area contributed by atoms with Gasteiger partial charge in [-0.2, -0.15) is 14.9 Å². The molecule has 0 radical (unpaired) electrons. The SMILES string of the molecule is COc1cccc(-c2n[nH]c(=S)n2N=Cc2ccc(F)cc2)c1. The van der Waals surface area contributed by atoms with Crippen LogP contribution in [0.25, 0.3) is 11.4 Å². The van der Waals surface area contributed by atoms with Crippen molar-refractivity contribution in [2.75, 3.05) is 7.11 Å². The van der Waals surface area contributed by atoms with Gasteiger partial charge in [-0.05, 0) is 42.0 Å². The van der Waals surface area contributed by atoms with Crippen LogP contribution in [-0.4, -0.2) is 28.2 Å². The highest BCUT2D eigenvalue weighted by Gasteiger charge is 2.08. The van der Waals surface area contributed by atoms with Gasteiger partial charge in [-0.3, -0.25) is 0 Å². The molecule has 1 heterocycles. The Hall–Kier alpha value is -2.80. The fourth-order valence-electron chi connectivity index (χ4n) is 2.02. The molecule has 0 unspecified atom stereocenters. The van der Waals surface area contributed by atoms with Crippen LogP contribution in [-0.2, 0) is 0 Å². The van der Waals surface area contributed by atoms with Gasteiger partial charge in [-0.25, -0.2) is 9.49 Å². The van der Waals surface area contributed by atoms with Crippen LogP contribution in [0.3, 0.4) is 0 Å². The van der Waals surface area contributed by atoms with Gasteiger partial charge in [0, 0.05) is 5.56 Å². The molecule has 0 aliphatic heterocycles. The molecular formula is C16H13FN4OS. The van der Waals surface area contributed by atoms with Crippen molar-refractivity contribution in [2.45, 2.75) is 0 Å². The summed E-state index contributed by atoms with van der Waals surface area (Å²) in [5, 5.41) is 11.3. The van der Waals surface area contributed by atoms with E-state index in [1.54, 1.807) is 25.5 Å². The Morgan fingerprint density at radius 3 is 2.78 bits per heavy atom. The number of nitrogens with zero attached hydrogens (tertiary/aromatic N) is 3. The smallest absolute Gasteiger partial charge is 0.216 e. The van der Waals surface area contributed by atoms with Crippen molar-refractivity contribution >= 4 is 18.4 Å². The lowest BCUT2D eigenvalue weighted by Gasteiger charge is -2.03. The topological polar surface area (TPSA) is 55.2 Å². The number of aromatic nitrogens is 3. The number of halogens is 1. The zero-order valence-electron chi connectivity index (χ0n) is 12.2. The molecule has 2 aromatic carbocycles. The van der Waals surface area contributed by atoms with E-state index in [-0.39, 0.29) is 5.82 Å². The molecule has 0 fully saturated rings. The fraction of sp³-hybridized carbons (Fsp3) is 0.0625. The molecule has 3 rings (SSSR count). The molecule has 23 heavy (non-hydrogen) atoms. The molecule has 0 amide bonds. The van der Waals surface area contributed by atoms with Gasteiger partial charge < -0.3 is 4.74 Å². The van der Waals surface area contributed by atoms with Gasteiger partial charge in [0.15, 0.2) is 5.82 Å². The summed E-state index contributed by atoms with van der Waals surface area (Å²) in [6.07, 6.45) is 1.59. The summed E-state index contributed by atoms with van der Waals surface area (Å²) in [6, 6.07) is 13.4. The maximum atomic E-state index is 12.9. The second-order valence-corrected chi connectivity index (χ2v) is 5.08. The first kappa shape index (κ1) is 15.1. The van der Waals surface area contributed by atoms with Crippen molar-refractivity contribution in [1.29, 1.82) is 0 Å². The molecule has 3 aromatic rings. The molecule has 0 aliphatic carbocycles. The molecule has 116 valence electrons. The first-order valence-corrected chi connectivity index (χ1v) is 7.20. The van der Waals surface area contributed by atoms with E-state index in [0.29, 0.717) is 16.3 Å². The van der Waals surface area contributed by atoms with Crippen molar-refractivity contribution in [2.24, 2.45) is 5.10 Å². The van der Waals surface area contributed by atoms with Gasteiger partial charge in [-0.1, -0.05) is 24.3 Å². The molecule has 0 aliphatic rings. The average Bonchev–Trinajstić information content (AvgIpc) is 2.95. The summed E-state index contributed by atoms with van der Waals surface area (Å²) in [7, 11) is 1.60. The van der Waals surface area contributed by atoms with Gasteiger partial charge in [-0.15, -0.1) is 0 Å². The lowest BCUT2D eigenvalue weighted by molar-refractivity contribution is 0.415. The predicted molar refractivity (Wildman–Crippen MR) is 88.8 cm³/mol. The van der Waals surface area contributed by atoms with E-state index >= 15 is 0 Å². The Balaban J connectivity index is 1.98. The Morgan fingerprint density at radius 2 is 2.04 bits per heavy atom. The van der Waals surface area contributed by atoms with Gasteiger partial charge in [0.2, 0.25) is 4.77 Å². The van der Waals surface area contributed by atoms with Gasteiger partial charge >= 0.3 is 0 Å². The van der Waals surface area contributed by atoms with E-state index < -0.39 is 0 Å². The van der Waals surface area contributed by atoms with Crippen LogP contribution in [0.15, 0.2) is 53.6 Å². The van der Waals surface area contributed by atoms with Crippen LogP contribution in [0, 0.1) is 10.6 Å². The third-order valence-electron chi connectivity index (χ3n) is 3.17. The highest BCUT2D eigenvalue weighted by molar-refractivity contribution is 7.71. The summed E-state index contributed by atoms with van der Waals surface area (Å²) in [6.45, 7) is 0. The van der Waals surface area contributed by atoms with Crippen LogP contribution in [0.2, 0.25) is 0 Å². The lowest BCUT2D eigenvalue weighted by Crippen LogP contribution is -1.95. The van der Waals surface area contributed by atoms with Crippen molar-refractivity contribution in [3.63, 3.8) is 0 Å². The summed E-state index contributed by atoms with van der Waals surface area (Å²) >= 11 is 5.21. The van der Waals surface area contributed by atoms with Crippen LogP contribution in [0.5, 0.6) is 5.75 Å². The summed E-state index contributed by atoms with van der Waals surface area (Å²) in [4.78, 5) is 0. The van der Waals surface area contributed by atoms with E-state index in [4.69, 9.17) is 17.0 Å². The number of methoxy groups -OCH3 is 1. The number of hydrogen-bond acceptors (Lipinski definition) is 4. The van der Waals surface area contributed by atoms with Gasteiger partial charge in [0.1, 0.15) is 11.6 Å². The minimum atomic E-state index is -0.292. The summed E-state index contributed by atoms with van der Waals surface area (Å²) in [5.74, 6) is 0.983. The third kappa shape index (κ3) is 3.35. The van der Waals surface area contributed by atoms with Crippen molar-refractivity contribution in [1.82, 2.24) is 14.9 Å². The molecule has 0 saturated carbocycles. The van der Waals surface area contributed by atoms with E-state index in [9.17, 15) is 4.39 Å². The Labute approximate surface area is 137 Å². The molecular weight excluding hydrogens is 315 g/mol. The zero-order valence-corrected chi connectivity index (χ0v) is 13.0. The average molecular weight is 328 g/mol. The first-order chi connectivity index (χ1) is 11.2. The summed E-state index contributed by atoms with van der Waals surface area (Å²) in [5.41, 5.74) is 1.57. The highest BCUT2D eigenvalue weighted by atomic mass is 32.1. The summed E-state index contributed by atoms with van der Waals surface area (Å²) < 4.78 is 20.0. The van der Waals surface area contributed by atoms with Crippen LogP contribution in [0.4, 0.5) is 4.39 Å². The number of aromatic amines is 1. The number of nitrogens with one attached hydrogen (secondary N) is 1. The molecule has 0 spiro atoms. The molecule has 5 nitrogen and oxygen atoms in total. The second kappa shape index (κ2) is 6.53. The quantitative estimate of drug-likeness (QED) is 0.588. The lowest BCUT2D eigenvalue weighted by atomic mass is 10.2. The molecule has 7 heteroatoms. The second-order valence-electron chi connectivity index (χ2n) is 4.69. The van der Waals surface area contributed by atoms with E-state index in [1.807, 2.05) is 24.3 Å². The molecule has 1 aromatic heterocycles. The van der Waals surface area contributed by atoms with E-state index in [0.717, 1.165) is 11.1 Å². The number of hydrogen-bond donors (Lipinski definition) is 1. The minimum Gasteiger partial charge on any atom is -0.497 e. The monoisotopic (exact) mass is 328 g/mol. The van der Waals surface area contributed by atoms with Crippen LogP contribution in [0.1, 0.15) is 5.56 Å². The van der Waals surface area contributed by atoms with Crippen molar-refractivity contribution < 1.29 is 9.13 Å². The van der Waals surface area contributed by atoms with E-state index in [2.05, 4.69) is 15.3 Å². The first-order valence-electron chi connectivity index (χ1n) is 6.79. The van der Waals surface area contributed by atoms with Crippen molar-refractivity contribution in [3.8, 4) is 17.1 Å². The Kier molecular flexibility index (Phi) is 4.29. The maximum absolute atomic E-state index is 12.9. The predicted octanol–water partition coefficient (Wildman–Crippen LogP) is 3.64. The third-order valence-corrected chi connectivity index (χ3v) is 3.43. The number of rotatable bonds is 4. The minimum absolute atomic E-state index is 0.292. The van der Waals surface area contributed by atoms with Crippen molar-refractivity contribution in [3.05, 3.63) is 64.7 Å². The standard InChI is InChI=1S/C16H13FN4OS/c1-22-14-4-2-3-12(9-14)15-19-20-16(23)21(15)18-10-11-5-7-13(17)8-6-11/h2-10H,1H3,(H,20,23). The number of benzene rings is 2. The zero-order chi connectivity index (χ0) is 16.2. The van der Waals surface area contributed by atoms with Gasteiger partial charge in [0.05, 0.1) is 13.3 Å². The number of H-pyrrole nitrogens is 1. The fourth-order valence-corrected chi connectivity index (χ4v) is 2.20. The van der Waals surface area contributed by atoms with Crippen LogP contribution < -0.4 is 4.74 Å². The van der Waals surface area contributed by atoms with E-state index in [1.165, 1.54) is 16.8 Å². The maximum Gasteiger partial charge on any atom is 0.216 e. The highest BCUT2D eigenvalue weighted by Crippen LogP contribution is 2.22. The molecule has 0 saturated heterocycles.